The zero-order valence-electron chi connectivity index (χ0n) is 17.3. The van der Waals surface area contributed by atoms with Crippen molar-refractivity contribution >= 4 is 0 Å². The number of benzene rings is 2. The van der Waals surface area contributed by atoms with Gasteiger partial charge in [-0.15, -0.1) is 0 Å². The summed E-state index contributed by atoms with van der Waals surface area (Å²) < 4.78 is 51.5. The summed E-state index contributed by atoms with van der Waals surface area (Å²) in [6.45, 7) is 2.97. The van der Waals surface area contributed by atoms with Gasteiger partial charge in [0.05, 0.1) is 30.9 Å². The highest BCUT2D eigenvalue weighted by Crippen LogP contribution is 2.36. The second kappa shape index (κ2) is 9.27. The van der Waals surface area contributed by atoms with Gasteiger partial charge in [0.25, 0.3) is 0 Å². The number of nitrogens with one attached hydrogen (secondary N) is 2. The second-order valence-electron chi connectivity index (χ2n) is 7.59. The van der Waals surface area contributed by atoms with Crippen molar-refractivity contribution in [3.8, 4) is 0 Å². The second-order valence-corrected chi connectivity index (χ2v) is 7.59. The fourth-order valence-corrected chi connectivity index (χ4v) is 3.82. The van der Waals surface area contributed by atoms with Gasteiger partial charge in [0.1, 0.15) is 5.82 Å². The van der Waals surface area contributed by atoms with Crippen molar-refractivity contribution in [2.24, 2.45) is 0 Å². The van der Waals surface area contributed by atoms with Crippen LogP contribution in [0, 0.1) is 0 Å². The molecule has 0 radical (unpaired) electrons. The summed E-state index contributed by atoms with van der Waals surface area (Å²) in [5.41, 5.74) is 0.213. The Morgan fingerprint density at radius 2 is 2.00 bits per heavy atom. The number of alkyl halides is 3. The third-order valence-corrected chi connectivity index (χ3v) is 5.38. The van der Waals surface area contributed by atoms with E-state index in [2.05, 4.69) is 20.1 Å². The van der Waals surface area contributed by atoms with Crippen LogP contribution in [0.15, 0.2) is 59.4 Å². The molecule has 0 saturated carbocycles. The Balaban J connectivity index is 1.59. The van der Waals surface area contributed by atoms with Gasteiger partial charge in [0.2, 0.25) is 0 Å². The molecule has 2 N–H and O–H groups in total. The van der Waals surface area contributed by atoms with Crippen molar-refractivity contribution in [3.63, 3.8) is 0 Å². The number of ether oxygens (including phenoxy) is 2. The van der Waals surface area contributed by atoms with E-state index < -0.39 is 29.8 Å². The van der Waals surface area contributed by atoms with Crippen LogP contribution in [-0.4, -0.2) is 39.5 Å². The van der Waals surface area contributed by atoms with Crippen LogP contribution >= 0.6 is 0 Å². The highest BCUT2D eigenvalue weighted by atomic mass is 19.4. The van der Waals surface area contributed by atoms with Crippen LogP contribution in [0.4, 0.5) is 13.2 Å². The van der Waals surface area contributed by atoms with Gasteiger partial charge in [0, 0.05) is 6.54 Å². The number of morpholine rings is 1. The topological polar surface area (TPSA) is 83.2 Å². The molecule has 0 unspecified atom stereocenters. The molecule has 1 saturated heterocycles. The highest BCUT2D eigenvalue weighted by molar-refractivity contribution is 5.27. The third kappa shape index (κ3) is 5.09. The monoisotopic (exact) mass is 448 g/mol. The standard InChI is InChI=1S/C22H23F3N4O3/c1-14(16-8-5-9-17(12-16)22(23,24)25)32-20-19(15-6-3-2-4-7-15)29(10-11-31-20)13-18-26-21(30)28-27-18/h2-9,12,14,19-20H,10-11,13H2,1H3,(H2,26,27,28,30)/t14-,19+,20-/m1/s1. The van der Waals surface area contributed by atoms with E-state index in [1.54, 1.807) is 13.0 Å². The van der Waals surface area contributed by atoms with Crippen molar-refractivity contribution in [3.05, 3.63) is 87.6 Å². The summed E-state index contributed by atoms with van der Waals surface area (Å²) in [6, 6.07) is 14.3. The van der Waals surface area contributed by atoms with Gasteiger partial charge < -0.3 is 9.47 Å². The van der Waals surface area contributed by atoms with Crippen LogP contribution in [0.3, 0.4) is 0 Å². The zero-order chi connectivity index (χ0) is 22.7. The van der Waals surface area contributed by atoms with Gasteiger partial charge in [-0.25, -0.2) is 9.89 Å². The van der Waals surface area contributed by atoms with E-state index >= 15 is 0 Å². The number of aromatic nitrogens is 3. The number of H-pyrrole nitrogens is 2. The zero-order valence-corrected chi connectivity index (χ0v) is 17.3. The van der Waals surface area contributed by atoms with Gasteiger partial charge in [-0.1, -0.05) is 42.5 Å². The first-order valence-corrected chi connectivity index (χ1v) is 10.2. The Hall–Kier alpha value is -2.95. The fraction of sp³-hybridized carbons (Fsp3) is 0.364. The average molecular weight is 448 g/mol. The summed E-state index contributed by atoms with van der Waals surface area (Å²) in [7, 11) is 0. The maximum Gasteiger partial charge on any atom is 0.416 e. The number of hydrogen-bond donors (Lipinski definition) is 2. The van der Waals surface area contributed by atoms with Crippen LogP contribution in [-0.2, 0) is 22.2 Å². The van der Waals surface area contributed by atoms with E-state index in [-0.39, 0.29) is 6.04 Å². The van der Waals surface area contributed by atoms with Gasteiger partial charge in [-0.05, 0) is 30.2 Å². The Labute approximate surface area is 182 Å². The number of hydrogen-bond acceptors (Lipinski definition) is 5. The maximum atomic E-state index is 13.1. The molecular formula is C22H23F3N4O3. The van der Waals surface area contributed by atoms with E-state index in [0.717, 1.165) is 17.7 Å². The summed E-state index contributed by atoms with van der Waals surface area (Å²) in [5.74, 6) is 0.475. The molecule has 0 aliphatic carbocycles. The highest BCUT2D eigenvalue weighted by Gasteiger charge is 2.36. The number of halogens is 3. The van der Waals surface area contributed by atoms with E-state index in [4.69, 9.17) is 9.47 Å². The molecule has 1 fully saturated rings. The molecule has 7 nitrogen and oxygen atoms in total. The SMILES string of the molecule is C[C@@H](O[C@H]1OCCN(Cc2n[nH]c(=O)[nH]2)[C@H]1c1ccccc1)c1cccc(C(F)(F)F)c1. The lowest BCUT2D eigenvalue weighted by Crippen LogP contribution is -2.46. The van der Waals surface area contributed by atoms with Crippen molar-refractivity contribution < 1.29 is 22.6 Å². The van der Waals surface area contributed by atoms with Crippen molar-refractivity contribution in [2.75, 3.05) is 13.2 Å². The summed E-state index contributed by atoms with van der Waals surface area (Å²) >= 11 is 0. The molecule has 3 aromatic rings. The number of nitrogens with zero attached hydrogens (tertiary/aromatic N) is 2. The quantitative estimate of drug-likeness (QED) is 0.600. The van der Waals surface area contributed by atoms with Gasteiger partial charge >= 0.3 is 11.9 Å². The van der Waals surface area contributed by atoms with Crippen LogP contribution in [0.25, 0.3) is 0 Å². The molecule has 10 heteroatoms. The smallest absolute Gasteiger partial charge is 0.349 e. The molecule has 0 spiro atoms. The molecule has 0 amide bonds. The lowest BCUT2D eigenvalue weighted by molar-refractivity contribution is -0.231. The molecule has 3 atom stereocenters. The largest absolute Gasteiger partial charge is 0.416 e. The predicted octanol–water partition coefficient (Wildman–Crippen LogP) is 3.79. The Bertz CT molecular complexity index is 1080. The minimum absolute atomic E-state index is 0.347. The van der Waals surface area contributed by atoms with Crippen LogP contribution in [0.5, 0.6) is 0 Å². The van der Waals surface area contributed by atoms with Crippen LogP contribution in [0.2, 0.25) is 0 Å². The van der Waals surface area contributed by atoms with E-state index in [1.165, 1.54) is 6.07 Å². The Morgan fingerprint density at radius 1 is 1.22 bits per heavy atom. The van der Waals surface area contributed by atoms with Crippen molar-refractivity contribution in [1.82, 2.24) is 20.1 Å². The molecule has 4 rings (SSSR count). The van der Waals surface area contributed by atoms with Gasteiger partial charge in [0.15, 0.2) is 6.29 Å². The Kier molecular flexibility index (Phi) is 6.45. The van der Waals surface area contributed by atoms with E-state index in [1.807, 2.05) is 30.3 Å². The summed E-state index contributed by atoms with van der Waals surface area (Å²) in [5, 5.41) is 6.33. The lowest BCUT2D eigenvalue weighted by Gasteiger charge is -2.41. The maximum absolute atomic E-state index is 13.1. The molecular weight excluding hydrogens is 425 g/mol. The molecule has 0 bridgehead atoms. The first-order chi connectivity index (χ1) is 15.3. The molecule has 2 aromatic carbocycles. The lowest BCUT2D eigenvalue weighted by atomic mass is 10.0. The summed E-state index contributed by atoms with van der Waals surface area (Å²) in [6.07, 6.45) is -5.80. The fourth-order valence-electron chi connectivity index (χ4n) is 3.82. The molecule has 2 heterocycles. The molecule has 1 aromatic heterocycles. The predicted molar refractivity (Wildman–Crippen MR) is 109 cm³/mol. The molecule has 1 aliphatic rings. The number of aromatic amines is 2. The summed E-state index contributed by atoms with van der Waals surface area (Å²) in [4.78, 5) is 16.1. The van der Waals surface area contributed by atoms with Crippen LogP contribution < -0.4 is 5.69 Å². The van der Waals surface area contributed by atoms with E-state index in [9.17, 15) is 18.0 Å². The Morgan fingerprint density at radius 3 is 2.69 bits per heavy atom. The third-order valence-electron chi connectivity index (χ3n) is 5.38. The van der Waals surface area contributed by atoms with Crippen molar-refractivity contribution in [1.29, 1.82) is 0 Å². The normalized spacial score (nSPS) is 20.9. The first kappa shape index (κ1) is 22.3. The van der Waals surface area contributed by atoms with Gasteiger partial charge in [-0.2, -0.15) is 18.3 Å². The van der Waals surface area contributed by atoms with Crippen LogP contribution in [0.1, 0.15) is 41.6 Å². The first-order valence-electron chi connectivity index (χ1n) is 10.2. The minimum Gasteiger partial charge on any atom is -0.349 e. The number of rotatable bonds is 6. The van der Waals surface area contributed by atoms with E-state index in [0.29, 0.717) is 31.1 Å². The van der Waals surface area contributed by atoms with Crippen molar-refractivity contribution in [2.45, 2.75) is 38.1 Å². The molecule has 32 heavy (non-hydrogen) atoms. The average Bonchev–Trinajstić information content (AvgIpc) is 3.18. The molecule has 170 valence electrons. The molecule has 1 aliphatic heterocycles. The minimum atomic E-state index is -4.43. The van der Waals surface area contributed by atoms with Gasteiger partial charge in [-0.3, -0.25) is 9.88 Å².